The van der Waals surface area contributed by atoms with Crippen LogP contribution < -0.4 is 0 Å². The van der Waals surface area contributed by atoms with Crippen LogP contribution in [0.2, 0.25) is 0 Å². The van der Waals surface area contributed by atoms with Crippen LogP contribution in [0.1, 0.15) is 34.6 Å². The van der Waals surface area contributed by atoms with E-state index in [1.165, 1.54) is 18.4 Å². The van der Waals surface area contributed by atoms with Crippen LogP contribution in [0.3, 0.4) is 0 Å². The molecule has 0 aromatic carbocycles. The van der Waals surface area contributed by atoms with Crippen molar-refractivity contribution in [2.24, 2.45) is 0 Å². The summed E-state index contributed by atoms with van der Waals surface area (Å²) in [5, 5.41) is 0. The minimum atomic E-state index is -0.447. The molecule has 1 aliphatic heterocycles. The summed E-state index contributed by atoms with van der Waals surface area (Å²) < 4.78 is 4.77. The molecular weight excluding hydrogens is 252 g/mol. The van der Waals surface area contributed by atoms with Gasteiger partial charge in [-0.15, -0.1) is 11.3 Å². The second-order valence-electron chi connectivity index (χ2n) is 4.30. The van der Waals surface area contributed by atoms with Gasteiger partial charge in [-0.3, -0.25) is 4.79 Å². The largest absolute Gasteiger partial charge is 0.467 e. The molecule has 1 aromatic rings. The number of piperidine rings is 1. The van der Waals surface area contributed by atoms with Crippen molar-refractivity contribution in [3.8, 4) is 0 Å². The standard InChI is InChI=1S/C12H16N2O3S/c1-8-10(18-7-13-8)11(15)14-6-4-3-5-9(14)12(16)17-2/h7,9H,3-6H2,1-2H3. The Labute approximate surface area is 110 Å². The number of amides is 1. The Morgan fingerprint density at radius 2 is 2.28 bits per heavy atom. The zero-order valence-electron chi connectivity index (χ0n) is 10.5. The summed E-state index contributed by atoms with van der Waals surface area (Å²) in [7, 11) is 1.36. The monoisotopic (exact) mass is 268 g/mol. The zero-order valence-corrected chi connectivity index (χ0v) is 11.3. The second kappa shape index (κ2) is 5.48. The highest BCUT2D eigenvalue weighted by molar-refractivity contribution is 7.11. The van der Waals surface area contributed by atoms with Crippen molar-refractivity contribution in [1.29, 1.82) is 0 Å². The number of ether oxygens (including phenoxy) is 1. The van der Waals surface area contributed by atoms with Crippen LogP contribution in [0.25, 0.3) is 0 Å². The molecule has 0 bridgehead atoms. The molecule has 0 radical (unpaired) electrons. The fourth-order valence-electron chi connectivity index (χ4n) is 2.19. The van der Waals surface area contributed by atoms with Crippen molar-refractivity contribution in [1.82, 2.24) is 9.88 Å². The van der Waals surface area contributed by atoms with Gasteiger partial charge in [0.2, 0.25) is 0 Å². The molecule has 2 rings (SSSR count). The Bertz CT molecular complexity index is 458. The molecule has 1 fully saturated rings. The first-order valence-electron chi connectivity index (χ1n) is 5.94. The number of aryl methyl sites for hydroxylation is 1. The molecule has 0 saturated carbocycles. The van der Waals surface area contributed by atoms with Crippen LogP contribution in [-0.4, -0.2) is 41.5 Å². The summed E-state index contributed by atoms with van der Waals surface area (Å²) in [6, 6.07) is -0.447. The maximum atomic E-state index is 12.4. The highest BCUT2D eigenvalue weighted by Crippen LogP contribution is 2.23. The molecule has 18 heavy (non-hydrogen) atoms. The number of nitrogens with zero attached hydrogens (tertiary/aromatic N) is 2. The van der Waals surface area contributed by atoms with Gasteiger partial charge in [0.15, 0.2) is 0 Å². The van der Waals surface area contributed by atoms with Crippen LogP contribution >= 0.6 is 11.3 Å². The number of thiazole rings is 1. The molecule has 1 aliphatic rings. The predicted molar refractivity (Wildman–Crippen MR) is 67.5 cm³/mol. The summed E-state index contributed by atoms with van der Waals surface area (Å²) in [5.74, 6) is -0.435. The first-order chi connectivity index (χ1) is 8.65. The number of hydrogen-bond donors (Lipinski definition) is 0. The quantitative estimate of drug-likeness (QED) is 0.765. The van der Waals surface area contributed by atoms with Gasteiger partial charge in [0, 0.05) is 6.54 Å². The number of rotatable bonds is 2. The molecule has 1 saturated heterocycles. The molecule has 0 spiro atoms. The van der Waals surface area contributed by atoms with Gasteiger partial charge in [-0.05, 0) is 26.2 Å². The van der Waals surface area contributed by atoms with Crippen molar-refractivity contribution in [3.05, 3.63) is 16.1 Å². The number of esters is 1. The van der Waals surface area contributed by atoms with Gasteiger partial charge in [-0.1, -0.05) is 0 Å². The lowest BCUT2D eigenvalue weighted by Crippen LogP contribution is -2.48. The fourth-order valence-corrected chi connectivity index (χ4v) is 2.95. The Morgan fingerprint density at radius 1 is 1.50 bits per heavy atom. The van der Waals surface area contributed by atoms with E-state index in [1.807, 2.05) is 0 Å². The first-order valence-corrected chi connectivity index (χ1v) is 6.82. The number of carbonyl (C=O) groups is 2. The Hall–Kier alpha value is -1.43. The van der Waals surface area contributed by atoms with Crippen molar-refractivity contribution in [3.63, 3.8) is 0 Å². The number of aromatic nitrogens is 1. The van der Waals surface area contributed by atoms with Gasteiger partial charge in [-0.2, -0.15) is 0 Å². The summed E-state index contributed by atoms with van der Waals surface area (Å²) in [6.07, 6.45) is 2.55. The van der Waals surface area contributed by atoms with Gasteiger partial charge >= 0.3 is 5.97 Å². The molecule has 2 heterocycles. The van der Waals surface area contributed by atoms with Gasteiger partial charge in [-0.25, -0.2) is 9.78 Å². The summed E-state index contributed by atoms with van der Waals surface area (Å²) in [5.41, 5.74) is 2.37. The van der Waals surface area contributed by atoms with Crippen LogP contribution in [0, 0.1) is 6.92 Å². The molecule has 0 aliphatic carbocycles. The normalized spacial score (nSPS) is 19.7. The van der Waals surface area contributed by atoms with Crippen molar-refractivity contribution < 1.29 is 14.3 Å². The molecule has 0 N–H and O–H groups in total. The zero-order chi connectivity index (χ0) is 13.1. The lowest BCUT2D eigenvalue weighted by Gasteiger charge is -2.33. The van der Waals surface area contributed by atoms with Crippen LogP contribution in [-0.2, 0) is 9.53 Å². The molecule has 1 unspecified atom stereocenters. The molecular formula is C12H16N2O3S. The third-order valence-electron chi connectivity index (χ3n) is 3.18. The van der Waals surface area contributed by atoms with Crippen molar-refractivity contribution in [2.45, 2.75) is 32.2 Å². The first kappa shape index (κ1) is 13.0. The molecule has 98 valence electrons. The number of carbonyl (C=O) groups excluding carboxylic acids is 2. The number of methoxy groups -OCH3 is 1. The maximum Gasteiger partial charge on any atom is 0.328 e. The van der Waals surface area contributed by atoms with Crippen LogP contribution in [0.5, 0.6) is 0 Å². The number of likely N-dealkylation sites (tertiary alicyclic amines) is 1. The molecule has 1 aromatic heterocycles. The second-order valence-corrected chi connectivity index (χ2v) is 5.15. The average Bonchev–Trinajstić information content (AvgIpc) is 2.83. The number of hydrogen-bond acceptors (Lipinski definition) is 5. The summed E-state index contributed by atoms with van der Waals surface area (Å²) >= 11 is 1.32. The van der Waals surface area contributed by atoms with E-state index in [0.29, 0.717) is 17.8 Å². The van der Waals surface area contributed by atoms with E-state index in [9.17, 15) is 9.59 Å². The third-order valence-corrected chi connectivity index (χ3v) is 4.09. The van der Waals surface area contributed by atoms with E-state index in [0.717, 1.165) is 18.5 Å². The van der Waals surface area contributed by atoms with Gasteiger partial charge in [0.1, 0.15) is 10.9 Å². The lowest BCUT2D eigenvalue weighted by atomic mass is 10.0. The van der Waals surface area contributed by atoms with E-state index in [2.05, 4.69) is 4.98 Å². The summed E-state index contributed by atoms with van der Waals surface area (Å²) in [6.45, 7) is 2.41. The van der Waals surface area contributed by atoms with Crippen LogP contribution in [0.4, 0.5) is 0 Å². The van der Waals surface area contributed by atoms with E-state index < -0.39 is 6.04 Å². The van der Waals surface area contributed by atoms with Gasteiger partial charge in [0.25, 0.3) is 5.91 Å². The van der Waals surface area contributed by atoms with E-state index in [-0.39, 0.29) is 11.9 Å². The molecule has 5 nitrogen and oxygen atoms in total. The smallest absolute Gasteiger partial charge is 0.328 e. The Morgan fingerprint density at radius 3 is 2.89 bits per heavy atom. The topological polar surface area (TPSA) is 59.5 Å². The SMILES string of the molecule is COC(=O)C1CCCCN1C(=O)c1scnc1C. The average molecular weight is 268 g/mol. The minimum Gasteiger partial charge on any atom is -0.467 e. The van der Waals surface area contributed by atoms with Gasteiger partial charge < -0.3 is 9.64 Å². The third kappa shape index (κ3) is 2.38. The van der Waals surface area contributed by atoms with Crippen LogP contribution in [0.15, 0.2) is 5.51 Å². The van der Waals surface area contributed by atoms with E-state index in [1.54, 1.807) is 17.3 Å². The Kier molecular flexibility index (Phi) is 3.96. The highest BCUT2D eigenvalue weighted by atomic mass is 32.1. The fraction of sp³-hybridized carbons (Fsp3) is 0.583. The minimum absolute atomic E-state index is 0.106. The van der Waals surface area contributed by atoms with Gasteiger partial charge in [0.05, 0.1) is 18.3 Å². The summed E-state index contributed by atoms with van der Waals surface area (Å²) in [4.78, 5) is 30.4. The van der Waals surface area contributed by atoms with Crippen molar-refractivity contribution >= 4 is 23.2 Å². The van der Waals surface area contributed by atoms with Crippen molar-refractivity contribution in [2.75, 3.05) is 13.7 Å². The van der Waals surface area contributed by atoms with E-state index >= 15 is 0 Å². The molecule has 1 atom stereocenters. The lowest BCUT2D eigenvalue weighted by molar-refractivity contribution is -0.147. The maximum absolute atomic E-state index is 12.4. The molecule has 6 heteroatoms. The molecule has 1 amide bonds. The predicted octanol–water partition coefficient (Wildman–Crippen LogP) is 1.62. The Balaban J connectivity index is 2.21. The van der Waals surface area contributed by atoms with E-state index in [4.69, 9.17) is 4.74 Å². The highest BCUT2D eigenvalue weighted by Gasteiger charge is 2.34.